The number of fused-ring (bicyclic) bond motifs is 1. The maximum absolute atomic E-state index is 5.60. The van der Waals surface area contributed by atoms with E-state index in [4.69, 9.17) is 18.9 Å². The second kappa shape index (κ2) is 8.31. The van der Waals surface area contributed by atoms with Crippen LogP contribution in [-0.2, 0) is 12.8 Å². The zero-order chi connectivity index (χ0) is 20.3. The van der Waals surface area contributed by atoms with Crippen molar-refractivity contribution in [2.45, 2.75) is 25.8 Å². The van der Waals surface area contributed by atoms with Gasteiger partial charge in [0.15, 0.2) is 23.0 Å². The van der Waals surface area contributed by atoms with Gasteiger partial charge in [-0.2, -0.15) is 0 Å². The van der Waals surface area contributed by atoms with Crippen molar-refractivity contribution in [1.29, 1.82) is 0 Å². The van der Waals surface area contributed by atoms with Crippen molar-refractivity contribution in [3.63, 3.8) is 0 Å². The number of hydrogen-bond donors (Lipinski definition) is 0. The fraction of sp³-hybridized carbons (Fsp3) is 0.478. The van der Waals surface area contributed by atoms with E-state index in [2.05, 4.69) is 38.2 Å². The first-order valence-electron chi connectivity index (χ1n) is 9.79. The highest BCUT2D eigenvalue weighted by Crippen LogP contribution is 2.42. The van der Waals surface area contributed by atoms with Crippen LogP contribution in [0.25, 0.3) is 0 Å². The van der Waals surface area contributed by atoms with Crippen LogP contribution in [0.5, 0.6) is 23.0 Å². The van der Waals surface area contributed by atoms with Gasteiger partial charge < -0.3 is 23.4 Å². The number of nitrogens with zero attached hydrogens (tertiary/aromatic N) is 1. The van der Waals surface area contributed by atoms with Gasteiger partial charge in [-0.3, -0.25) is 0 Å². The Morgan fingerprint density at radius 3 is 2.07 bits per heavy atom. The molecule has 0 bridgehead atoms. The predicted molar refractivity (Wildman–Crippen MR) is 111 cm³/mol. The van der Waals surface area contributed by atoms with Crippen LogP contribution < -0.4 is 18.9 Å². The van der Waals surface area contributed by atoms with Gasteiger partial charge in [0.05, 0.1) is 48.6 Å². The molecule has 0 radical (unpaired) electrons. The molecule has 1 unspecified atom stereocenters. The standard InChI is InChI=1S/C23H32NO4/c1-7-24(2)11-10-17-14-22(27-5)23(28-6)15-18(17)19(24)12-16-8-9-20(25-3)21(13-16)26-4/h8-9,13-15,19H,7,10-12H2,1-6H3/q+1/t19-,24?/m1/s1. The summed E-state index contributed by atoms with van der Waals surface area (Å²) >= 11 is 0. The van der Waals surface area contributed by atoms with E-state index in [0.29, 0.717) is 6.04 Å². The van der Waals surface area contributed by atoms with Crippen molar-refractivity contribution >= 4 is 0 Å². The summed E-state index contributed by atoms with van der Waals surface area (Å²) in [5, 5.41) is 0. The van der Waals surface area contributed by atoms with Crippen molar-refractivity contribution in [3.8, 4) is 23.0 Å². The highest BCUT2D eigenvalue weighted by Gasteiger charge is 2.38. The third kappa shape index (κ3) is 3.63. The molecule has 1 aliphatic heterocycles. The van der Waals surface area contributed by atoms with Crippen molar-refractivity contribution < 1.29 is 23.4 Å². The van der Waals surface area contributed by atoms with Gasteiger partial charge in [-0.15, -0.1) is 0 Å². The summed E-state index contributed by atoms with van der Waals surface area (Å²) in [7, 11) is 9.09. The summed E-state index contributed by atoms with van der Waals surface area (Å²) in [5.74, 6) is 3.13. The molecule has 152 valence electrons. The van der Waals surface area contributed by atoms with Crippen molar-refractivity contribution in [1.82, 2.24) is 0 Å². The zero-order valence-corrected chi connectivity index (χ0v) is 17.9. The molecule has 28 heavy (non-hydrogen) atoms. The minimum atomic E-state index is 0.339. The SMILES string of the molecule is CC[N+]1(C)CCc2cc(OC)c(OC)cc2[C@H]1Cc1ccc(OC)c(OC)c1. The molecule has 1 aliphatic rings. The maximum atomic E-state index is 5.60. The van der Waals surface area contributed by atoms with Gasteiger partial charge in [0, 0.05) is 18.4 Å². The normalized spacial score (nSPS) is 21.0. The molecule has 0 saturated carbocycles. The lowest BCUT2D eigenvalue weighted by Crippen LogP contribution is -2.51. The minimum Gasteiger partial charge on any atom is -0.493 e. The summed E-state index contributed by atoms with van der Waals surface area (Å²) in [6, 6.07) is 10.9. The Hall–Kier alpha value is -2.40. The third-order valence-electron chi connectivity index (χ3n) is 6.25. The van der Waals surface area contributed by atoms with Gasteiger partial charge in [-0.1, -0.05) is 6.07 Å². The average Bonchev–Trinajstić information content (AvgIpc) is 2.74. The van der Waals surface area contributed by atoms with Gasteiger partial charge in [0.2, 0.25) is 0 Å². The largest absolute Gasteiger partial charge is 0.493 e. The van der Waals surface area contributed by atoms with E-state index in [1.165, 1.54) is 16.7 Å². The Morgan fingerprint density at radius 2 is 1.46 bits per heavy atom. The number of benzene rings is 2. The molecule has 2 atom stereocenters. The monoisotopic (exact) mass is 386 g/mol. The van der Waals surface area contributed by atoms with E-state index in [1.54, 1.807) is 28.4 Å². The lowest BCUT2D eigenvalue weighted by molar-refractivity contribution is -0.939. The predicted octanol–water partition coefficient (Wildman–Crippen LogP) is 4.03. The molecule has 0 spiro atoms. The molecule has 0 amide bonds. The molecule has 0 N–H and O–H groups in total. The van der Waals surface area contributed by atoms with Crippen molar-refractivity contribution in [3.05, 3.63) is 47.0 Å². The lowest BCUT2D eigenvalue weighted by atomic mass is 9.86. The molecule has 5 heteroatoms. The van der Waals surface area contributed by atoms with E-state index < -0.39 is 0 Å². The topological polar surface area (TPSA) is 36.9 Å². The van der Waals surface area contributed by atoms with E-state index >= 15 is 0 Å². The van der Waals surface area contributed by atoms with Gasteiger partial charge in [-0.05, 0) is 42.3 Å². The Kier molecular flexibility index (Phi) is 6.04. The smallest absolute Gasteiger partial charge is 0.161 e. The minimum absolute atomic E-state index is 0.339. The van der Waals surface area contributed by atoms with Crippen LogP contribution in [0.3, 0.4) is 0 Å². The Balaban J connectivity index is 2.05. The van der Waals surface area contributed by atoms with Crippen molar-refractivity contribution in [2.24, 2.45) is 0 Å². The fourth-order valence-electron chi connectivity index (χ4n) is 4.27. The summed E-state index contributed by atoms with van der Waals surface area (Å²) in [4.78, 5) is 0. The number of hydrogen-bond acceptors (Lipinski definition) is 4. The molecule has 3 rings (SSSR count). The molecule has 0 saturated heterocycles. The number of likely N-dealkylation sites (N-methyl/N-ethyl adjacent to an activating group) is 1. The number of quaternary nitrogens is 1. The van der Waals surface area contributed by atoms with Gasteiger partial charge in [0.25, 0.3) is 0 Å². The molecule has 0 fully saturated rings. The van der Waals surface area contributed by atoms with Gasteiger partial charge in [0.1, 0.15) is 6.04 Å². The highest BCUT2D eigenvalue weighted by atomic mass is 16.5. The first kappa shape index (κ1) is 20.3. The van der Waals surface area contributed by atoms with Crippen LogP contribution in [-0.4, -0.2) is 53.1 Å². The van der Waals surface area contributed by atoms with E-state index in [9.17, 15) is 0 Å². The highest BCUT2D eigenvalue weighted by molar-refractivity contribution is 5.50. The quantitative estimate of drug-likeness (QED) is 0.674. The summed E-state index contributed by atoms with van der Waals surface area (Å²) in [6.07, 6.45) is 1.97. The van der Waals surface area contributed by atoms with E-state index in [0.717, 1.165) is 53.4 Å². The van der Waals surface area contributed by atoms with E-state index in [1.807, 2.05) is 6.07 Å². The second-order valence-corrected chi connectivity index (χ2v) is 7.58. The molecular weight excluding hydrogens is 354 g/mol. The molecule has 0 aliphatic carbocycles. The summed E-state index contributed by atoms with van der Waals surface area (Å²) in [5.41, 5.74) is 3.94. The lowest BCUT2D eigenvalue weighted by Gasteiger charge is -2.45. The number of ether oxygens (including phenoxy) is 4. The van der Waals surface area contributed by atoms with Crippen molar-refractivity contribution in [2.75, 3.05) is 48.6 Å². The van der Waals surface area contributed by atoms with Crippen LogP contribution >= 0.6 is 0 Å². The molecule has 2 aromatic rings. The second-order valence-electron chi connectivity index (χ2n) is 7.58. The first-order valence-corrected chi connectivity index (χ1v) is 9.79. The molecule has 1 heterocycles. The third-order valence-corrected chi connectivity index (χ3v) is 6.25. The van der Waals surface area contributed by atoms with Crippen LogP contribution in [0.1, 0.15) is 29.7 Å². The average molecular weight is 387 g/mol. The van der Waals surface area contributed by atoms with Crippen LogP contribution in [0.15, 0.2) is 30.3 Å². The molecule has 0 aromatic heterocycles. The molecule has 2 aromatic carbocycles. The summed E-state index contributed by atoms with van der Waals surface area (Å²) < 4.78 is 23.0. The molecular formula is C23H32NO4+. The van der Waals surface area contributed by atoms with E-state index in [-0.39, 0.29) is 0 Å². The Morgan fingerprint density at radius 1 is 0.857 bits per heavy atom. The van der Waals surface area contributed by atoms with Crippen LogP contribution in [0.2, 0.25) is 0 Å². The Bertz CT molecular complexity index is 836. The number of rotatable bonds is 7. The number of methoxy groups -OCH3 is 4. The summed E-state index contributed by atoms with van der Waals surface area (Å²) in [6.45, 7) is 4.45. The maximum Gasteiger partial charge on any atom is 0.161 e. The van der Waals surface area contributed by atoms with Gasteiger partial charge >= 0.3 is 0 Å². The first-order chi connectivity index (χ1) is 13.5. The van der Waals surface area contributed by atoms with Crippen LogP contribution in [0.4, 0.5) is 0 Å². The fourth-order valence-corrected chi connectivity index (χ4v) is 4.27. The molecule has 5 nitrogen and oxygen atoms in total. The Labute approximate surface area is 168 Å². The van der Waals surface area contributed by atoms with Gasteiger partial charge in [-0.25, -0.2) is 0 Å². The zero-order valence-electron chi connectivity index (χ0n) is 17.9. The van der Waals surface area contributed by atoms with Crippen LogP contribution in [0, 0.1) is 0 Å².